The molecule has 0 radical (unpaired) electrons. The molecule has 0 aromatic heterocycles. The number of rotatable bonds is 5. The molecule has 0 bridgehead atoms. The Kier molecular flexibility index (Phi) is 4.37. The van der Waals surface area contributed by atoms with Gasteiger partial charge in [0.2, 0.25) is 12.7 Å². The lowest BCUT2D eigenvalue weighted by Crippen LogP contribution is -2.09. The lowest BCUT2D eigenvalue weighted by molar-refractivity contribution is -0.114. The van der Waals surface area contributed by atoms with E-state index in [1.165, 1.54) is 13.8 Å². The number of ketones is 1. The zero-order valence-electron chi connectivity index (χ0n) is 13.4. The predicted octanol–water partition coefficient (Wildman–Crippen LogP) is 3.16. The summed E-state index contributed by atoms with van der Waals surface area (Å²) in [6.45, 7) is 3.38. The standard InChI is InChI=1S/C18H17NO5/c1-11(20)14-4-5-15(19-12(2)21)17(8-14)22-9-13-3-6-16-18(7-13)24-10-23-16/h3-8H,9-10H2,1-2H3,(H,19,21). The van der Waals surface area contributed by atoms with E-state index >= 15 is 0 Å². The molecule has 2 aromatic carbocycles. The summed E-state index contributed by atoms with van der Waals surface area (Å²) in [6.07, 6.45) is 0. The second-order valence-corrected chi connectivity index (χ2v) is 5.42. The topological polar surface area (TPSA) is 73.9 Å². The van der Waals surface area contributed by atoms with Crippen LogP contribution in [-0.4, -0.2) is 18.5 Å². The van der Waals surface area contributed by atoms with Crippen LogP contribution in [-0.2, 0) is 11.4 Å². The minimum atomic E-state index is -0.210. The number of fused-ring (bicyclic) bond motifs is 1. The predicted molar refractivity (Wildman–Crippen MR) is 87.6 cm³/mol. The van der Waals surface area contributed by atoms with E-state index in [2.05, 4.69) is 5.32 Å². The second kappa shape index (κ2) is 6.62. The molecule has 2 aromatic rings. The van der Waals surface area contributed by atoms with Gasteiger partial charge in [-0.1, -0.05) is 6.07 Å². The van der Waals surface area contributed by atoms with Crippen LogP contribution in [0.4, 0.5) is 5.69 Å². The van der Waals surface area contributed by atoms with Gasteiger partial charge >= 0.3 is 0 Å². The van der Waals surface area contributed by atoms with Crippen molar-refractivity contribution in [2.45, 2.75) is 20.5 Å². The van der Waals surface area contributed by atoms with Gasteiger partial charge in [0.15, 0.2) is 17.3 Å². The number of hydrogen-bond acceptors (Lipinski definition) is 5. The van der Waals surface area contributed by atoms with Crippen LogP contribution in [0.2, 0.25) is 0 Å². The third-order valence-corrected chi connectivity index (χ3v) is 3.53. The summed E-state index contributed by atoms with van der Waals surface area (Å²) in [5, 5.41) is 2.70. The Morgan fingerprint density at radius 3 is 2.62 bits per heavy atom. The van der Waals surface area contributed by atoms with Crippen molar-refractivity contribution in [3.63, 3.8) is 0 Å². The molecule has 124 valence electrons. The van der Waals surface area contributed by atoms with Crippen molar-refractivity contribution < 1.29 is 23.8 Å². The molecule has 1 aliphatic heterocycles. The number of carbonyl (C=O) groups is 2. The highest BCUT2D eigenvalue weighted by atomic mass is 16.7. The van der Waals surface area contributed by atoms with E-state index in [-0.39, 0.29) is 25.1 Å². The lowest BCUT2D eigenvalue weighted by Gasteiger charge is -2.13. The summed E-state index contributed by atoms with van der Waals surface area (Å²) < 4.78 is 16.4. The van der Waals surface area contributed by atoms with Crippen molar-refractivity contribution in [1.82, 2.24) is 0 Å². The average molecular weight is 327 g/mol. The normalized spacial score (nSPS) is 11.9. The average Bonchev–Trinajstić information content (AvgIpc) is 3.00. The number of benzene rings is 2. The van der Waals surface area contributed by atoms with Crippen LogP contribution >= 0.6 is 0 Å². The van der Waals surface area contributed by atoms with Gasteiger partial charge in [0, 0.05) is 12.5 Å². The van der Waals surface area contributed by atoms with Crippen LogP contribution in [0.5, 0.6) is 17.2 Å². The first kappa shape index (κ1) is 15.9. The maximum atomic E-state index is 11.6. The molecule has 3 rings (SSSR count). The maximum absolute atomic E-state index is 11.6. The highest BCUT2D eigenvalue weighted by Gasteiger charge is 2.14. The molecule has 0 atom stereocenters. The van der Waals surface area contributed by atoms with Gasteiger partial charge in [-0.2, -0.15) is 0 Å². The first-order valence-electron chi connectivity index (χ1n) is 7.47. The molecule has 24 heavy (non-hydrogen) atoms. The quantitative estimate of drug-likeness (QED) is 0.854. The number of carbonyl (C=O) groups excluding carboxylic acids is 2. The van der Waals surface area contributed by atoms with Crippen LogP contribution < -0.4 is 19.5 Å². The molecule has 0 saturated carbocycles. The van der Waals surface area contributed by atoms with Crippen LogP contribution in [0.15, 0.2) is 36.4 Å². The van der Waals surface area contributed by atoms with E-state index in [0.717, 1.165) is 5.56 Å². The molecule has 6 heteroatoms. The van der Waals surface area contributed by atoms with Gasteiger partial charge < -0.3 is 19.5 Å². The number of nitrogens with one attached hydrogen (secondary N) is 1. The largest absolute Gasteiger partial charge is 0.487 e. The van der Waals surface area contributed by atoms with E-state index in [1.807, 2.05) is 18.2 Å². The summed E-state index contributed by atoms with van der Waals surface area (Å²) in [5.41, 5.74) is 1.93. The molecular formula is C18H17NO5. The minimum Gasteiger partial charge on any atom is -0.487 e. The van der Waals surface area contributed by atoms with E-state index < -0.39 is 0 Å². The fraction of sp³-hybridized carbons (Fsp3) is 0.222. The van der Waals surface area contributed by atoms with Crippen LogP contribution in [0.3, 0.4) is 0 Å². The molecule has 0 aliphatic carbocycles. The molecule has 0 fully saturated rings. The number of ether oxygens (including phenoxy) is 3. The van der Waals surface area contributed by atoms with Gasteiger partial charge in [0.05, 0.1) is 5.69 Å². The fourth-order valence-corrected chi connectivity index (χ4v) is 2.35. The zero-order chi connectivity index (χ0) is 17.1. The third kappa shape index (κ3) is 3.48. The molecule has 1 N–H and O–H groups in total. The van der Waals surface area contributed by atoms with Crippen molar-refractivity contribution in [1.29, 1.82) is 0 Å². The second-order valence-electron chi connectivity index (χ2n) is 5.42. The van der Waals surface area contributed by atoms with Gasteiger partial charge in [0.25, 0.3) is 0 Å². The molecular weight excluding hydrogens is 310 g/mol. The summed E-state index contributed by atoms with van der Waals surface area (Å²) in [5.74, 6) is 1.54. The van der Waals surface area contributed by atoms with Crippen molar-refractivity contribution in [2.24, 2.45) is 0 Å². The molecule has 0 saturated heterocycles. The Bertz CT molecular complexity index is 800. The summed E-state index contributed by atoms with van der Waals surface area (Å²) in [6, 6.07) is 10.5. The number of hydrogen-bond donors (Lipinski definition) is 1. The van der Waals surface area contributed by atoms with Gasteiger partial charge in [-0.05, 0) is 42.8 Å². The van der Waals surface area contributed by atoms with Crippen molar-refractivity contribution in [3.8, 4) is 17.2 Å². The van der Waals surface area contributed by atoms with Gasteiger partial charge in [-0.25, -0.2) is 0 Å². The Balaban J connectivity index is 1.80. The Morgan fingerprint density at radius 2 is 1.88 bits per heavy atom. The van der Waals surface area contributed by atoms with Gasteiger partial charge in [-0.3, -0.25) is 9.59 Å². The van der Waals surface area contributed by atoms with Crippen LogP contribution in [0.1, 0.15) is 29.8 Å². The molecule has 6 nitrogen and oxygen atoms in total. The zero-order valence-corrected chi connectivity index (χ0v) is 13.4. The van der Waals surface area contributed by atoms with Crippen molar-refractivity contribution in [3.05, 3.63) is 47.5 Å². The van der Waals surface area contributed by atoms with Gasteiger partial charge in [-0.15, -0.1) is 0 Å². The summed E-state index contributed by atoms with van der Waals surface area (Å²) in [4.78, 5) is 22.9. The molecule has 1 amide bonds. The van der Waals surface area contributed by atoms with Gasteiger partial charge in [0.1, 0.15) is 12.4 Å². The lowest BCUT2D eigenvalue weighted by atomic mass is 10.1. The number of Topliss-reactive ketones (excluding diaryl/α,β-unsaturated/α-hetero) is 1. The molecule has 0 unspecified atom stereocenters. The summed E-state index contributed by atoms with van der Waals surface area (Å²) in [7, 11) is 0. The smallest absolute Gasteiger partial charge is 0.231 e. The van der Waals surface area contributed by atoms with E-state index in [4.69, 9.17) is 14.2 Å². The Labute approximate surface area is 139 Å². The molecule has 0 spiro atoms. The fourth-order valence-electron chi connectivity index (χ4n) is 2.35. The Morgan fingerprint density at radius 1 is 1.08 bits per heavy atom. The molecule has 1 heterocycles. The highest BCUT2D eigenvalue weighted by Crippen LogP contribution is 2.33. The maximum Gasteiger partial charge on any atom is 0.231 e. The van der Waals surface area contributed by atoms with E-state index in [9.17, 15) is 9.59 Å². The molecule has 1 aliphatic rings. The van der Waals surface area contributed by atoms with Crippen molar-refractivity contribution >= 4 is 17.4 Å². The van der Waals surface area contributed by atoms with E-state index in [1.54, 1.807) is 18.2 Å². The van der Waals surface area contributed by atoms with Crippen molar-refractivity contribution in [2.75, 3.05) is 12.1 Å². The van der Waals surface area contributed by atoms with Crippen LogP contribution in [0.25, 0.3) is 0 Å². The minimum absolute atomic E-state index is 0.0719. The monoisotopic (exact) mass is 327 g/mol. The third-order valence-electron chi connectivity index (χ3n) is 3.53. The SMILES string of the molecule is CC(=O)Nc1ccc(C(C)=O)cc1OCc1ccc2c(c1)OCO2. The van der Waals surface area contributed by atoms with E-state index in [0.29, 0.717) is 28.5 Å². The number of anilines is 1. The number of amides is 1. The highest BCUT2D eigenvalue weighted by molar-refractivity contribution is 5.96. The first-order valence-corrected chi connectivity index (χ1v) is 7.47. The first-order chi connectivity index (χ1) is 11.5. The summed E-state index contributed by atoms with van der Waals surface area (Å²) >= 11 is 0. The van der Waals surface area contributed by atoms with Crippen LogP contribution in [0, 0.1) is 0 Å². The Hall–Kier alpha value is -3.02.